The minimum Gasteiger partial charge on any atom is -0.497 e. The molecule has 2 aromatic carbocycles. The predicted octanol–water partition coefficient (Wildman–Crippen LogP) is 3.08. The lowest BCUT2D eigenvalue weighted by atomic mass is 10.1. The van der Waals surface area contributed by atoms with E-state index in [-0.39, 0.29) is 22.2 Å². The normalized spacial score (nSPS) is 10.9. The van der Waals surface area contributed by atoms with Gasteiger partial charge in [-0.15, -0.1) is 10.2 Å². The van der Waals surface area contributed by atoms with Crippen molar-refractivity contribution in [3.8, 4) is 17.0 Å². The zero-order chi connectivity index (χ0) is 18.5. The molecule has 0 spiro atoms. The highest BCUT2D eigenvalue weighted by molar-refractivity contribution is 6.33. The number of hydrogen-bond acceptors (Lipinski definition) is 6. The molecule has 0 atom stereocenters. The van der Waals surface area contributed by atoms with E-state index in [0.29, 0.717) is 11.3 Å². The summed E-state index contributed by atoms with van der Waals surface area (Å²) in [5.74, 6) is 0.158. The topological polar surface area (TPSA) is 92.3 Å². The Kier molecular flexibility index (Phi) is 5.23. The Morgan fingerprint density at radius 1 is 1.23 bits per heavy atom. The Bertz CT molecular complexity index is 985. The molecule has 0 saturated carbocycles. The van der Waals surface area contributed by atoms with Crippen molar-refractivity contribution in [3.63, 3.8) is 0 Å². The number of nitrogens with one attached hydrogen (secondary N) is 2. The first-order valence-corrected chi connectivity index (χ1v) is 7.81. The molecular weight excluding hydrogens is 361 g/mol. The number of nitrogens with zero attached hydrogens (tertiary/aromatic N) is 3. The summed E-state index contributed by atoms with van der Waals surface area (Å²) < 4.78 is 18.7. The Hall–Kier alpha value is -3.26. The number of benzene rings is 2. The van der Waals surface area contributed by atoms with Gasteiger partial charge in [-0.2, -0.15) is 5.10 Å². The van der Waals surface area contributed by atoms with E-state index in [9.17, 15) is 9.18 Å². The molecule has 0 saturated heterocycles. The first kappa shape index (κ1) is 17.6. The van der Waals surface area contributed by atoms with Crippen LogP contribution in [0.25, 0.3) is 11.3 Å². The van der Waals surface area contributed by atoms with E-state index >= 15 is 0 Å². The third-order valence-electron chi connectivity index (χ3n) is 3.42. The average Bonchev–Trinajstić information content (AvgIpc) is 2.64. The number of rotatable bonds is 5. The number of halogens is 2. The van der Waals surface area contributed by atoms with Gasteiger partial charge in [-0.05, 0) is 36.4 Å². The number of H-pyrrole nitrogens is 1. The highest BCUT2D eigenvalue weighted by atomic mass is 35.5. The molecule has 3 rings (SSSR count). The molecule has 0 amide bonds. The van der Waals surface area contributed by atoms with Gasteiger partial charge in [0.15, 0.2) is 5.69 Å². The van der Waals surface area contributed by atoms with Crippen LogP contribution >= 0.6 is 11.6 Å². The third kappa shape index (κ3) is 3.86. The molecule has 1 heterocycles. The number of ether oxygens (including phenoxy) is 1. The molecule has 0 aliphatic heterocycles. The SMILES string of the molecule is COc1ccc(-c2nnc(N/N=C/c3c(F)cccc3Cl)[nH]c2=O)cc1. The van der Waals surface area contributed by atoms with Gasteiger partial charge >= 0.3 is 0 Å². The van der Waals surface area contributed by atoms with Crippen LogP contribution in [-0.2, 0) is 0 Å². The lowest BCUT2D eigenvalue weighted by molar-refractivity contribution is 0.415. The molecule has 0 radical (unpaired) electrons. The second-order valence-electron chi connectivity index (χ2n) is 5.09. The number of hydrazone groups is 1. The summed E-state index contributed by atoms with van der Waals surface area (Å²) in [4.78, 5) is 14.7. The Morgan fingerprint density at radius 3 is 2.65 bits per heavy atom. The fraction of sp³-hybridized carbons (Fsp3) is 0.0588. The standard InChI is InChI=1S/C17H13ClFN5O2/c1-26-11-7-5-10(6-8-11)15-16(25)21-17(24-22-15)23-20-9-12-13(18)3-2-4-14(12)19/h2-9H,1H3,(H2,21,23,24,25)/b20-9+. The fourth-order valence-corrected chi connectivity index (χ4v) is 2.33. The van der Waals surface area contributed by atoms with Crippen molar-refractivity contribution in [1.82, 2.24) is 15.2 Å². The maximum absolute atomic E-state index is 13.6. The number of aromatic nitrogens is 3. The van der Waals surface area contributed by atoms with Crippen LogP contribution in [-0.4, -0.2) is 28.5 Å². The quantitative estimate of drug-likeness (QED) is 0.529. The van der Waals surface area contributed by atoms with E-state index < -0.39 is 11.4 Å². The molecule has 132 valence electrons. The van der Waals surface area contributed by atoms with E-state index in [1.807, 2.05) is 0 Å². The molecule has 1 aromatic heterocycles. The smallest absolute Gasteiger partial charge is 0.279 e. The maximum Gasteiger partial charge on any atom is 0.279 e. The molecule has 9 heteroatoms. The van der Waals surface area contributed by atoms with Crippen LogP contribution in [0.15, 0.2) is 52.4 Å². The zero-order valence-electron chi connectivity index (χ0n) is 13.5. The maximum atomic E-state index is 13.6. The van der Waals surface area contributed by atoms with Crippen LogP contribution in [0.3, 0.4) is 0 Å². The van der Waals surface area contributed by atoms with Crippen molar-refractivity contribution < 1.29 is 9.13 Å². The van der Waals surface area contributed by atoms with Crippen LogP contribution in [0.4, 0.5) is 10.3 Å². The second kappa shape index (κ2) is 7.75. The Balaban J connectivity index is 1.77. The van der Waals surface area contributed by atoms with E-state index in [0.717, 1.165) is 0 Å². The monoisotopic (exact) mass is 373 g/mol. The number of methoxy groups -OCH3 is 1. The number of hydrogen-bond donors (Lipinski definition) is 2. The van der Waals surface area contributed by atoms with Crippen molar-refractivity contribution in [2.45, 2.75) is 0 Å². The lowest BCUT2D eigenvalue weighted by Gasteiger charge is -2.03. The molecule has 3 aromatic rings. The van der Waals surface area contributed by atoms with E-state index in [1.54, 1.807) is 31.4 Å². The van der Waals surface area contributed by atoms with Crippen molar-refractivity contribution in [2.24, 2.45) is 5.10 Å². The van der Waals surface area contributed by atoms with Crippen molar-refractivity contribution in [1.29, 1.82) is 0 Å². The highest BCUT2D eigenvalue weighted by Gasteiger charge is 2.08. The van der Waals surface area contributed by atoms with Gasteiger partial charge in [0, 0.05) is 11.1 Å². The molecule has 7 nitrogen and oxygen atoms in total. The minimum atomic E-state index is -0.516. The molecule has 0 bridgehead atoms. The second-order valence-corrected chi connectivity index (χ2v) is 5.49. The molecule has 0 fully saturated rings. The van der Waals surface area contributed by atoms with Gasteiger partial charge in [-0.1, -0.05) is 17.7 Å². The first-order chi connectivity index (χ1) is 12.6. The summed E-state index contributed by atoms with van der Waals surface area (Å²) in [5, 5.41) is 11.8. The summed E-state index contributed by atoms with van der Waals surface area (Å²) in [6.45, 7) is 0. The molecule has 2 N–H and O–H groups in total. The largest absolute Gasteiger partial charge is 0.497 e. The van der Waals surface area contributed by atoms with Gasteiger partial charge in [0.2, 0.25) is 5.95 Å². The molecular formula is C17H13ClFN5O2. The molecule has 26 heavy (non-hydrogen) atoms. The van der Waals surface area contributed by atoms with Crippen molar-refractivity contribution in [3.05, 3.63) is 69.2 Å². The third-order valence-corrected chi connectivity index (χ3v) is 3.75. The summed E-state index contributed by atoms with van der Waals surface area (Å²) in [6, 6.07) is 11.1. The summed E-state index contributed by atoms with van der Waals surface area (Å²) in [5.41, 5.74) is 2.89. The predicted molar refractivity (Wildman–Crippen MR) is 97.3 cm³/mol. The summed E-state index contributed by atoms with van der Waals surface area (Å²) >= 11 is 5.89. The zero-order valence-corrected chi connectivity index (χ0v) is 14.3. The van der Waals surface area contributed by atoms with Gasteiger partial charge in [0.25, 0.3) is 5.56 Å². The highest BCUT2D eigenvalue weighted by Crippen LogP contribution is 2.18. The van der Waals surface area contributed by atoms with E-state index in [2.05, 4.69) is 25.7 Å². The van der Waals surface area contributed by atoms with Crippen LogP contribution in [0.1, 0.15) is 5.56 Å². The van der Waals surface area contributed by atoms with Crippen LogP contribution in [0.2, 0.25) is 5.02 Å². The first-order valence-electron chi connectivity index (χ1n) is 7.43. The van der Waals surface area contributed by atoms with Crippen molar-refractivity contribution in [2.75, 3.05) is 12.5 Å². The Labute approximate surface area is 152 Å². The number of aromatic amines is 1. The molecule has 0 unspecified atom stereocenters. The van der Waals surface area contributed by atoms with Gasteiger partial charge in [-0.3, -0.25) is 9.78 Å². The van der Waals surface area contributed by atoms with Gasteiger partial charge in [-0.25, -0.2) is 9.82 Å². The lowest BCUT2D eigenvalue weighted by Crippen LogP contribution is -2.15. The van der Waals surface area contributed by atoms with E-state index in [4.69, 9.17) is 16.3 Å². The van der Waals surface area contributed by atoms with E-state index in [1.165, 1.54) is 24.4 Å². The van der Waals surface area contributed by atoms with Crippen LogP contribution in [0.5, 0.6) is 5.75 Å². The van der Waals surface area contributed by atoms with Gasteiger partial charge in [0.05, 0.1) is 18.3 Å². The Morgan fingerprint density at radius 2 is 2.00 bits per heavy atom. The van der Waals surface area contributed by atoms with Crippen LogP contribution < -0.4 is 15.7 Å². The average molecular weight is 374 g/mol. The minimum absolute atomic E-state index is 0.0102. The summed E-state index contributed by atoms with van der Waals surface area (Å²) in [7, 11) is 1.55. The summed E-state index contributed by atoms with van der Waals surface area (Å²) in [6.07, 6.45) is 1.19. The van der Waals surface area contributed by atoms with Crippen molar-refractivity contribution >= 4 is 23.8 Å². The number of anilines is 1. The molecule has 0 aliphatic rings. The fourth-order valence-electron chi connectivity index (χ4n) is 2.12. The van der Waals surface area contributed by atoms with Gasteiger partial charge < -0.3 is 4.74 Å². The van der Waals surface area contributed by atoms with Crippen LogP contribution in [0, 0.1) is 5.82 Å². The molecule has 0 aliphatic carbocycles. The van der Waals surface area contributed by atoms with Gasteiger partial charge in [0.1, 0.15) is 11.6 Å².